The van der Waals surface area contributed by atoms with Gasteiger partial charge in [-0.05, 0) is 49.7 Å². The van der Waals surface area contributed by atoms with Crippen LogP contribution in [0, 0.1) is 5.82 Å². The molecule has 1 amide bonds. The van der Waals surface area contributed by atoms with Crippen LogP contribution in [0.1, 0.15) is 33.1 Å². The molecule has 29 heavy (non-hydrogen) atoms. The minimum Gasteiger partial charge on any atom is -0.355 e. The molecule has 152 valence electrons. The minimum absolute atomic E-state index is 0.0980. The molecule has 1 unspecified atom stereocenters. The maximum Gasteiger partial charge on any atom is 0.266 e. The molecule has 0 aliphatic heterocycles. The molecule has 1 heterocycles. The molecule has 0 bridgehead atoms. The van der Waals surface area contributed by atoms with E-state index in [0.717, 1.165) is 19.3 Å². The van der Waals surface area contributed by atoms with Crippen molar-refractivity contribution in [3.8, 4) is 5.69 Å². The molecule has 0 fully saturated rings. The zero-order chi connectivity index (χ0) is 20.8. The third-order valence-electron chi connectivity index (χ3n) is 4.56. The van der Waals surface area contributed by atoms with E-state index in [1.54, 1.807) is 25.1 Å². The first kappa shape index (κ1) is 21.0. The molecule has 0 spiro atoms. The van der Waals surface area contributed by atoms with E-state index >= 15 is 0 Å². The van der Waals surface area contributed by atoms with Crippen LogP contribution in [0.2, 0.25) is 0 Å². The average Bonchev–Trinajstić information content (AvgIpc) is 2.72. The quantitative estimate of drug-likeness (QED) is 0.340. The summed E-state index contributed by atoms with van der Waals surface area (Å²) in [6.45, 7) is 4.53. The van der Waals surface area contributed by atoms with Crippen LogP contribution in [0.3, 0.4) is 0 Å². The fourth-order valence-corrected chi connectivity index (χ4v) is 3.90. The van der Waals surface area contributed by atoms with Crippen molar-refractivity contribution < 1.29 is 9.18 Å². The van der Waals surface area contributed by atoms with Gasteiger partial charge in [-0.2, -0.15) is 0 Å². The highest BCUT2D eigenvalue weighted by Gasteiger charge is 2.20. The van der Waals surface area contributed by atoms with Crippen LogP contribution in [0.5, 0.6) is 0 Å². The van der Waals surface area contributed by atoms with Gasteiger partial charge in [-0.25, -0.2) is 9.37 Å². The molecule has 1 N–H and O–H groups in total. The van der Waals surface area contributed by atoms with Crippen LogP contribution >= 0.6 is 11.8 Å². The largest absolute Gasteiger partial charge is 0.355 e. The summed E-state index contributed by atoms with van der Waals surface area (Å²) in [4.78, 5) is 30.2. The standard InChI is InChI=1S/C22H24FN3O2S/c1-3-4-7-14-24-20(27)15(2)29-22-25-19-9-6-5-8-18(19)21(28)26(22)17-12-10-16(23)11-13-17/h5-6,8-13,15H,3-4,7,14H2,1-2H3,(H,24,27). The summed E-state index contributed by atoms with van der Waals surface area (Å²) < 4.78 is 14.8. The number of hydrogen-bond acceptors (Lipinski definition) is 4. The van der Waals surface area contributed by atoms with E-state index in [9.17, 15) is 14.0 Å². The Bertz CT molecular complexity index is 1050. The number of nitrogens with one attached hydrogen (secondary N) is 1. The van der Waals surface area contributed by atoms with Crippen LogP contribution in [-0.2, 0) is 4.79 Å². The molecule has 1 aromatic heterocycles. The van der Waals surface area contributed by atoms with Gasteiger partial charge in [-0.3, -0.25) is 14.2 Å². The number of para-hydroxylation sites is 1. The van der Waals surface area contributed by atoms with E-state index in [1.807, 2.05) is 6.07 Å². The Labute approximate surface area is 173 Å². The van der Waals surface area contributed by atoms with E-state index in [-0.39, 0.29) is 17.3 Å². The highest BCUT2D eigenvalue weighted by atomic mass is 32.2. The molecule has 0 saturated carbocycles. The van der Waals surface area contributed by atoms with Crippen LogP contribution < -0.4 is 10.9 Å². The number of hydrogen-bond donors (Lipinski definition) is 1. The summed E-state index contributed by atoms with van der Waals surface area (Å²) in [6, 6.07) is 12.7. The number of rotatable bonds is 8. The Hall–Kier alpha value is -2.67. The summed E-state index contributed by atoms with van der Waals surface area (Å²) in [6.07, 6.45) is 3.09. The molecule has 3 aromatic rings. The molecule has 0 aliphatic carbocycles. The van der Waals surface area contributed by atoms with E-state index in [1.165, 1.54) is 40.6 Å². The number of halogens is 1. The smallest absolute Gasteiger partial charge is 0.266 e. The highest BCUT2D eigenvalue weighted by molar-refractivity contribution is 8.00. The molecule has 2 aromatic carbocycles. The molecule has 5 nitrogen and oxygen atoms in total. The Morgan fingerprint density at radius 2 is 1.90 bits per heavy atom. The van der Waals surface area contributed by atoms with Crippen molar-refractivity contribution in [3.63, 3.8) is 0 Å². The normalized spacial score (nSPS) is 12.1. The van der Waals surface area contributed by atoms with Crippen molar-refractivity contribution in [2.75, 3.05) is 6.54 Å². The molecule has 1 atom stereocenters. The number of thioether (sulfide) groups is 1. The maximum atomic E-state index is 13.4. The van der Waals surface area contributed by atoms with Gasteiger partial charge in [0.05, 0.1) is 21.8 Å². The molecule has 0 radical (unpaired) electrons. The van der Waals surface area contributed by atoms with Gasteiger partial charge in [-0.1, -0.05) is 43.7 Å². The lowest BCUT2D eigenvalue weighted by Crippen LogP contribution is -2.32. The lowest BCUT2D eigenvalue weighted by Gasteiger charge is -2.16. The second-order valence-electron chi connectivity index (χ2n) is 6.79. The summed E-state index contributed by atoms with van der Waals surface area (Å²) in [5.74, 6) is -0.483. The topological polar surface area (TPSA) is 64.0 Å². The third kappa shape index (κ3) is 5.03. The van der Waals surface area contributed by atoms with Crippen LogP contribution in [0.25, 0.3) is 16.6 Å². The average molecular weight is 414 g/mol. The monoisotopic (exact) mass is 413 g/mol. The lowest BCUT2D eigenvalue weighted by molar-refractivity contribution is -0.120. The van der Waals surface area contributed by atoms with Gasteiger partial charge in [0.25, 0.3) is 5.56 Å². The van der Waals surface area contributed by atoms with Crippen molar-refractivity contribution in [1.82, 2.24) is 14.9 Å². The first-order valence-corrected chi connectivity index (χ1v) is 10.6. The first-order chi connectivity index (χ1) is 14.0. The van der Waals surface area contributed by atoms with Gasteiger partial charge < -0.3 is 5.32 Å². The number of fused-ring (bicyclic) bond motifs is 1. The SMILES string of the molecule is CCCCCNC(=O)C(C)Sc1nc2ccccc2c(=O)n1-c1ccc(F)cc1. The van der Waals surface area contributed by atoms with Crippen molar-refractivity contribution in [3.05, 3.63) is 64.7 Å². The predicted octanol–water partition coefficient (Wildman–Crippen LogP) is 4.31. The van der Waals surface area contributed by atoms with Crippen molar-refractivity contribution in [1.29, 1.82) is 0 Å². The van der Waals surface area contributed by atoms with Gasteiger partial charge in [-0.15, -0.1) is 0 Å². The Balaban J connectivity index is 1.95. The van der Waals surface area contributed by atoms with E-state index < -0.39 is 5.25 Å². The van der Waals surface area contributed by atoms with Crippen LogP contribution in [0.15, 0.2) is 58.5 Å². The van der Waals surface area contributed by atoms with Gasteiger partial charge in [0, 0.05) is 6.54 Å². The Kier molecular flexibility index (Phi) is 7.04. The second kappa shape index (κ2) is 9.69. The fraction of sp³-hybridized carbons (Fsp3) is 0.318. The van der Waals surface area contributed by atoms with Gasteiger partial charge in [0.15, 0.2) is 5.16 Å². The number of unbranched alkanes of at least 4 members (excludes halogenated alkanes) is 2. The highest BCUT2D eigenvalue weighted by Crippen LogP contribution is 2.25. The van der Waals surface area contributed by atoms with Gasteiger partial charge >= 0.3 is 0 Å². The number of carbonyl (C=O) groups excluding carboxylic acids is 1. The summed E-state index contributed by atoms with van der Waals surface area (Å²) in [5, 5.41) is 3.37. The molecule has 0 aliphatic rings. The lowest BCUT2D eigenvalue weighted by atomic mass is 10.2. The van der Waals surface area contributed by atoms with Crippen molar-refractivity contribution in [2.24, 2.45) is 0 Å². The third-order valence-corrected chi connectivity index (χ3v) is 5.61. The fourth-order valence-electron chi connectivity index (χ4n) is 2.95. The van der Waals surface area contributed by atoms with Crippen molar-refractivity contribution >= 4 is 28.6 Å². The Morgan fingerprint density at radius 1 is 1.17 bits per heavy atom. The van der Waals surface area contributed by atoms with E-state index in [4.69, 9.17) is 0 Å². The van der Waals surface area contributed by atoms with Crippen molar-refractivity contribution in [2.45, 2.75) is 43.5 Å². The zero-order valence-electron chi connectivity index (χ0n) is 16.5. The number of nitrogens with zero attached hydrogens (tertiary/aromatic N) is 2. The molecule has 7 heteroatoms. The van der Waals surface area contributed by atoms with Crippen LogP contribution in [0.4, 0.5) is 4.39 Å². The summed E-state index contributed by atoms with van der Waals surface area (Å²) in [5.41, 5.74) is 0.821. The van der Waals surface area contributed by atoms with Crippen LogP contribution in [-0.4, -0.2) is 27.3 Å². The zero-order valence-corrected chi connectivity index (χ0v) is 17.3. The number of aromatic nitrogens is 2. The summed E-state index contributed by atoms with van der Waals surface area (Å²) >= 11 is 1.22. The molecule has 0 saturated heterocycles. The summed E-state index contributed by atoms with van der Waals surface area (Å²) in [7, 11) is 0. The molecule has 3 rings (SSSR count). The first-order valence-electron chi connectivity index (χ1n) is 9.73. The Morgan fingerprint density at radius 3 is 2.62 bits per heavy atom. The van der Waals surface area contributed by atoms with Gasteiger partial charge in [0.1, 0.15) is 5.82 Å². The molecular weight excluding hydrogens is 389 g/mol. The predicted molar refractivity (Wildman–Crippen MR) is 115 cm³/mol. The minimum atomic E-state index is -0.434. The van der Waals surface area contributed by atoms with E-state index in [0.29, 0.717) is 28.3 Å². The van der Waals surface area contributed by atoms with Gasteiger partial charge in [0.2, 0.25) is 5.91 Å². The maximum absolute atomic E-state index is 13.4. The number of amides is 1. The second-order valence-corrected chi connectivity index (χ2v) is 8.09. The number of carbonyl (C=O) groups is 1. The number of benzene rings is 2. The van der Waals surface area contributed by atoms with E-state index in [2.05, 4.69) is 17.2 Å². The molecular formula is C22H24FN3O2S.